The molecule has 18 heavy (non-hydrogen) atoms. The Morgan fingerprint density at radius 2 is 2.06 bits per heavy atom. The maximum Gasteiger partial charge on any atom is 0.0369 e. The predicted molar refractivity (Wildman–Crippen MR) is 78.4 cm³/mol. The standard InChI is InChI=1S/C15H25N3/c1-3-18(15-6-4-5-14(2)13-15)12-11-17-9-7-16-8-10-17/h4-6,13,16H,3,7-12H2,1-2H3. The monoisotopic (exact) mass is 247 g/mol. The Bertz CT molecular complexity index is 359. The van der Waals surface area contributed by atoms with Gasteiger partial charge in [0.2, 0.25) is 0 Å². The third-order valence-electron chi connectivity index (χ3n) is 3.64. The fourth-order valence-electron chi connectivity index (χ4n) is 2.49. The second kappa shape index (κ2) is 6.76. The maximum absolute atomic E-state index is 3.40. The molecule has 1 N–H and O–H groups in total. The lowest BCUT2D eigenvalue weighted by Crippen LogP contribution is -2.46. The van der Waals surface area contributed by atoms with Gasteiger partial charge in [-0.05, 0) is 31.5 Å². The molecule has 1 aliphatic rings. The third kappa shape index (κ3) is 3.72. The van der Waals surface area contributed by atoms with Crippen LogP contribution in [0.4, 0.5) is 5.69 Å². The van der Waals surface area contributed by atoms with Crippen LogP contribution in [0.3, 0.4) is 0 Å². The van der Waals surface area contributed by atoms with E-state index in [4.69, 9.17) is 0 Å². The molecule has 0 aliphatic carbocycles. The molecule has 0 atom stereocenters. The molecule has 1 aromatic rings. The predicted octanol–water partition coefficient (Wildman–Crippen LogP) is 1.73. The molecule has 1 aliphatic heterocycles. The van der Waals surface area contributed by atoms with Crippen molar-refractivity contribution in [2.45, 2.75) is 13.8 Å². The highest BCUT2D eigenvalue weighted by atomic mass is 15.2. The zero-order chi connectivity index (χ0) is 12.8. The van der Waals surface area contributed by atoms with Crippen LogP contribution >= 0.6 is 0 Å². The third-order valence-corrected chi connectivity index (χ3v) is 3.64. The number of piperazine rings is 1. The summed E-state index contributed by atoms with van der Waals surface area (Å²) in [6.07, 6.45) is 0. The van der Waals surface area contributed by atoms with Crippen molar-refractivity contribution in [1.82, 2.24) is 10.2 Å². The van der Waals surface area contributed by atoms with Crippen LogP contribution in [0.25, 0.3) is 0 Å². The molecule has 0 amide bonds. The van der Waals surface area contributed by atoms with E-state index in [0.717, 1.165) is 26.2 Å². The molecule has 0 bridgehead atoms. The molecule has 3 heteroatoms. The molecule has 1 fully saturated rings. The van der Waals surface area contributed by atoms with Crippen LogP contribution in [0, 0.1) is 6.92 Å². The Hall–Kier alpha value is -1.06. The zero-order valence-corrected chi connectivity index (χ0v) is 11.7. The van der Waals surface area contributed by atoms with E-state index in [1.807, 2.05) is 0 Å². The molecule has 0 radical (unpaired) electrons. The number of anilines is 1. The van der Waals surface area contributed by atoms with Crippen LogP contribution in [0.2, 0.25) is 0 Å². The molecule has 2 rings (SSSR count). The number of nitrogens with one attached hydrogen (secondary N) is 1. The van der Waals surface area contributed by atoms with Crippen molar-refractivity contribution in [3.05, 3.63) is 29.8 Å². The van der Waals surface area contributed by atoms with Crippen LogP contribution in [0.15, 0.2) is 24.3 Å². The molecule has 0 saturated carbocycles. The average molecular weight is 247 g/mol. The first-order valence-corrected chi connectivity index (χ1v) is 7.04. The highest BCUT2D eigenvalue weighted by Crippen LogP contribution is 2.15. The molecule has 0 spiro atoms. The molecule has 1 saturated heterocycles. The largest absolute Gasteiger partial charge is 0.371 e. The van der Waals surface area contributed by atoms with Gasteiger partial charge < -0.3 is 10.2 Å². The highest BCUT2D eigenvalue weighted by Gasteiger charge is 2.11. The summed E-state index contributed by atoms with van der Waals surface area (Å²) in [6, 6.07) is 8.81. The van der Waals surface area contributed by atoms with E-state index in [1.54, 1.807) is 0 Å². The SMILES string of the molecule is CCN(CCN1CCNCC1)c1cccc(C)c1. The lowest BCUT2D eigenvalue weighted by molar-refractivity contribution is 0.246. The lowest BCUT2D eigenvalue weighted by atomic mass is 10.2. The quantitative estimate of drug-likeness (QED) is 0.855. The van der Waals surface area contributed by atoms with Crippen LogP contribution < -0.4 is 10.2 Å². The lowest BCUT2D eigenvalue weighted by Gasteiger charge is -2.31. The maximum atomic E-state index is 3.40. The Morgan fingerprint density at radius 3 is 2.72 bits per heavy atom. The van der Waals surface area contributed by atoms with E-state index in [0.29, 0.717) is 0 Å². The summed E-state index contributed by atoms with van der Waals surface area (Å²) in [5.74, 6) is 0. The average Bonchev–Trinajstić information content (AvgIpc) is 2.41. The molecule has 1 heterocycles. The molecule has 3 nitrogen and oxygen atoms in total. The van der Waals surface area contributed by atoms with Gasteiger partial charge in [0.15, 0.2) is 0 Å². The van der Waals surface area contributed by atoms with Crippen molar-refractivity contribution in [3.63, 3.8) is 0 Å². The summed E-state index contributed by atoms with van der Waals surface area (Å²) in [6.45, 7) is 12.4. The van der Waals surface area contributed by atoms with Gasteiger partial charge >= 0.3 is 0 Å². The molecule has 100 valence electrons. The molecule has 0 unspecified atom stereocenters. The van der Waals surface area contributed by atoms with E-state index in [-0.39, 0.29) is 0 Å². The number of benzene rings is 1. The van der Waals surface area contributed by atoms with E-state index < -0.39 is 0 Å². The van der Waals surface area contributed by atoms with Gasteiger partial charge in [-0.1, -0.05) is 12.1 Å². The van der Waals surface area contributed by atoms with Crippen LogP contribution in [-0.2, 0) is 0 Å². The Balaban J connectivity index is 1.88. The Morgan fingerprint density at radius 1 is 1.28 bits per heavy atom. The first kappa shape index (κ1) is 13.4. The number of rotatable bonds is 5. The minimum absolute atomic E-state index is 1.08. The topological polar surface area (TPSA) is 18.5 Å². The molecule has 0 aromatic heterocycles. The molecular weight excluding hydrogens is 222 g/mol. The van der Waals surface area contributed by atoms with Crippen molar-refractivity contribution >= 4 is 5.69 Å². The van der Waals surface area contributed by atoms with Crippen LogP contribution in [0.1, 0.15) is 12.5 Å². The van der Waals surface area contributed by atoms with Crippen molar-refractivity contribution in [2.24, 2.45) is 0 Å². The van der Waals surface area contributed by atoms with Gasteiger partial charge in [-0.3, -0.25) is 4.90 Å². The van der Waals surface area contributed by atoms with E-state index in [9.17, 15) is 0 Å². The van der Waals surface area contributed by atoms with Crippen molar-refractivity contribution in [3.8, 4) is 0 Å². The summed E-state index contributed by atoms with van der Waals surface area (Å²) in [4.78, 5) is 5.02. The van der Waals surface area contributed by atoms with Gasteiger partial charge in [0.25, 0.3) is 0 Å². The minimum atomic E-state index is 1.08. The van der Waals surface area contributed by atoms with Crippen molar-refractivity contribution in [1.29, 1.82) is 0 Å². The summed E-state index contributed by atoms with van der Waals surface area (Å²) < 4.78 is 0. The van der Waals surface area contributed by atoms with Gasteiger partial charge in [-0.25, -0.2) is 0 Å². The summed E-state index contributed by atoms with van der Waals surface area (Å²) in [7, 11) is 0. The van der Waals surface area contributed by atoms with Crippen LogP contribution in [-0.4, -0.2) is 50.7 Å². The summed E-state index contributed by atoms with van der Waals surface area (Å²) in [5, 5.41) is 3.40. The van der Waals surface area contributed by atoms with E-state index in [2.05, 4.69) is 53.2 Å². The molecular formula is C15H25N3. The zero-order valence-electron chi connectivity index (χ0n) is 11.7. The van der Waals surface area contributed by atoms with Gasteiger partial charge in [-0.2, -0.15) is 0 Å². The second-order valence-corrected chi connectivity index (χ2v) is 5.01. The number of hydrogen-bond acceptors (Lipinski definition) is 3. The van der Waals surface area contributed by atoms with Crippen LogP contribution in [0.5, 0.6) is 0 Å². The Kier molecular flexibility index (Phi) is 5.02. The van der Waals surface area contributed by atoms with Gasteiger partial charge in [0, 0.05) is 51.5 Å². The van der Waals surface area contributed by atoms with E-state index >= 15 is 0 Å². The first-order valence-electron chi connectivity index (χ1n) is 7.04. The van der Waals surface area contributed by atoms with Gasteiger partial charge in [0.1, 0.15) is 0 Å². The van der Waals surface area contributed by atoms with Gasteiger partial charge in [0.05, 0.1) is 0 Å². The second-order valence-electron chi connectivity index (χ2n) is 5.01. The first-order chi connectivity index (χ1) is 8.79. The smallest absolute Gasteiger partial charge is 0.0369 e. The normalized spacial score (nSPS) is 16.8. The summed E-state index contributed by atoms with van der Waals surface area (Å²) >= 11 is 0. The fraction of sp³-hybridized carbons (Fsp3) is 0.600. The molecule has 1 aromatic carbocycles. The van der Waals surface area contributed by atoms with E-state index in [1.165, 1.54) is 30.9 Å². The number of hydrogen-bond donors (Lipinski definition) is 1. The van der Waals surface area contributed by atoms with Crippen molar-refractivity contribution in [2.75, 3.05) is 50.7 Å². The fourth-order valence-corrected chi connectivity index (χ4v) is 2.49. The highest BCUT2D eigenvalue weighted by molar-refractivity contribution is 5.48. The number of aryl methyl sites for hydroxylation is 1. The van der Waals surface area contributed by atoms with Gasteiger partial charge in [-0.15, -0.1) is 0 Å². The Labute approximate surface area is 111 Å². The number of nitrogens with zero attached hydrogens (tertiary/aromatic N) is 2. The minimum Gasteiger partial charge on any atom is -0.371 e. The summed E-state index contributed by atoms with van der Waals surface area (Å²) in [5.41, 5.74) is 2.70. The number of likely N-dealkylation sites (N-methyl/N-ethyl adjacent to an activating group) is 1. The van der Waals surface area contributed by atoms with Crippen molar-refractivity contribution < 1.29 is 0 Å².